The van der Waals surface area contributed by atoms with E-state index in [2.05, 4.69) is 17.5 Å². The molecule has 0 unspecified atom stereocenters. The predicted octanol–water partition coefficient (Wildman–Crippen LogP) is 2.41. The topological polar surface area (TPSA) is 64.3 Å². The van der Waals surface area contributed by atoms with Crippen LogP contribution in [0.2, 0.25) is 0 Å². The van der Waals surface area contributed by atoms with Crippen molar-refractivity contribution in [2.45, 2.75) is 18.9 Å². The first kappa shape index (κ1) is 12.2. The Morgan fingerprint density at radius 3 is 2.83 bits per heavy atom. The molecular weight excluding hydrogens is 228 g/mol. The summed E-state index contributed by atoms with van der Waals surface area (Å²) in [4.78, 5) is 13.0. The summed E-state index contributed by atoms with van der Waals surface area (Å²) >= 11 is 0. The molecule has 1 saturated carbocycles. The first-order valence-corrected chi connectivity index (χ1v) is 5.82. The highest BCUT2D eigenvalue weighted by molar-refractivity contribution is 5.89. The van der Waals surface area contributed by atoms with Crippen molar-refractivity contribution in [2.75, 3.05) is 11.4 Å². The second kappa shape index (κ2) is 4.92. The van der Waals surface area contributed by atoms with Crippen LogP contribution in [-0.4, -0.2) is 23.7 Å². The molecule has 0 amide bonds. The molecule has 4 nitrogen and oxygen atoms in total. The van der Waals surface area contributed by atoms with Gasteiger partial charge in [-0.2, -0.15) is 5.26 Å². The number of rotatable bonds is 5. The molecule has 4 heteroatoms. The molecule has 0 atom stereocenters. The molecule has 0 aromatic heterocycles. The Morgan fingerprint density at radius 2 is 2.33 bits per heavy atom. The number of anilines is 1. The van der Waals surface area contributed by atoms with Crippen LogP contribution in [0, 0.1) is 11.3 Å². The third kappa shape index (κ3) is 2.35. The monoisotopic (exact) mass is 242 g/mol. The molecule has 0 spiro atoms. The summed E-state index contributed by atoms with van der Waals surface area (Å²) in [6.45, 7) is 4.39. The number of hydrogen-bond acceptors (Lipinski definition) is 3. The molecule has 0 heterocycles. The zero-order valence-corrected chi connectivity index (χ0v) is 9.97. The van der Waals surface area contributed by atoms with Crippen LogP contribution >= 0.6 is 0 Å². The van der Waals surface area contributed by atoms with Gasteiger partial charge in [-0.3, -0.25) is 0 Å². The Morgan fingerprint density at radius 1 is 1.61 bits per heavy atom. The standard InChI is InChI=1S/C14H14N2O2/c1-2-7-16(12-4-5-12)13-6-3-10(14(17)18)8-11(13)9-15/h2-3,6,8,12H,1,4-5,7H2,(H,17,18). The fourth-order valence-corrected chi connectivity index (χ4v) is 1.98. The average molecular weight is 242 g/mol. The van der Waals surface area contributed by atoms with E-state index in [1.807, 2.05) is 0 Å². The Hall–Kier alpha value is -2.28. The zero-order valence-electron chi connectivity index (χ0n) is 9.97. The summed E-state index contributed by atoms with van der Waals surface area (Å²) in [6, 6.07) is 7.20. The Labute approximate surface area is 106 Å². The number of aromatic carboxylic acids is 1. The zero-order chi connectivity index (χ0) is 13.1. The van der Waals surface area contributed by atoms with Crippen LogP contribution < -0.4 is 4.90 Å². The number of carboxylic acid groups (broad SMARTS) is 1. The van der Waals surface area contributed by atoms with Gasteiger partial charge in [0.1, 0.15) is 6.07 Å². The van der Waals surface area contributed by atoms with Crippen LogP contribution in [0.15, 0.2) is 30.9 Å². The minimum Gasteiger partial charge on any atom is -0.478 e. The fourth-order valence-electron chi connectivity index (χ4n) is 1.98. The van der Waals surface area contributed by atoms with Crippen molar-refractivity contribution in [3.8, 4) is 6.07 Å². The van der Waals surface area contributed by atoms with E-state index in [0.717, 1.165) is 18.5 Å². The Bertz CT molecular complexity index is 527. The second-order valence-electron chi connectivity index (χ2n) is 4.32. The molecular formula is C14H14N2O2. The van der Waals surface area contributed by atoms with E-state index in [9.17, 15) is 4.79 Å². The van der Waals surface area contributed by atoms with Gasteiger partial charge in [0.25, 0.3) is 0 Å². The summed E-state index contributed by atoms with van der Waals surface area (Å²) in [5.41, 5.74) is 1.35. The highest BCUT2D eigenvalue weighted by Gasteiger charge is 2.29. The molecule has 0 radical (unpaired) electrons. The van der Waals surface area contributed by atoms with Crippen molar-refractivity contribution in [1.82, 2.24) is 0 Å². The Balaban J connectivity index is 2.39. The van der Waals surface area contributed by atoms with Crippen molar-refractivity contribution in [3.05, 3.63) is 42.0 Å². The predicted molar refractivity (Wildman–Crippen MR) is 68.7 cm³/mol. The van der Waals surface area contributed by atoms with E-state index < -0.39 is 5.97 Å². The Kier molecular flexibility index (Phi) is 3.33. The van der Waals surface area contributed by atoms with E-state index in [1.165, 1.54) is 12.1 Å². The highest BCUT2D eigenvalue weighted by Crippen LogP contribution is 2.33. The lowest BCUT2D eigenvalue weighted by atomic mass is 10.1. The van der Waals surface area contributed by atoms with Gasteiger partial charge >= 0.3 is 5.97 Å². The lowest BCUT2D eigenvalue weighted by Gasteiger charge is -2.24. The van der Waals surface area contributed by atoms with E-state index in [1.54, 1.807) is 12.1 Å². The summed E-state index contributed by atoms with van der Waals surface area (Å²) in [6.07, 6.45) is 4.02. The first-order chi connectivity index (χ1) is 8.67. The van der Waals surface area contributed by atoms with Crippen molar-refractivity contribution >= 4 is 11.7 Å². The number of nitriles is 1. The number of carboxylic acids is 1. The van der Waals surface area contributed by atoms with Crippen LogP contribution in [0.1, 0.15) is 28.8 Å². The van der Waals surface area contributed by atoms with Crippen LogP contribution in [-0.2, 0) is 0 Å². The van der Waals surface area contributed by atoms with Gasteiger partial charge in [0, 0.05) is 12.6 Å². The summed E-state index contributed by atoms with van der Waals surface area (Å²) < 4.78 is 0. The van der Waals surface area contributed by atoms with Crippen molar-refractivity contribution < 1.29 is 9.90 Å². The molecule has 92 valence electrons. The van der Waals surface area contributed by atoms with E-state index in [-0.39, 0.29) is 5.56 Å². The van der Waals surface area contributed by atoms with E-state index >= 15 is 0 Å². The van der Waals surface area contributed by atoms with Gasteiger partial charge in [0.05, 0.1) is 16.8 Å². The van der Waals surface area contributed by atoms with E-state index in [4.69, 9.17) is 10.4 Å². The van der Waals surface area contributed by atoms with Crippen LogP contribution in [0.5, 0.6) is 0 Å². The molecule has 2 rings (SSSR count). The van der Waals surface area contributed by atoms with E-state index in [0.29, 0.717) is 18.2 Å². The largest absolute Gasteiger partial charge is 0.478 e. The molecule has 1 fully saturated rings. The fraction of sp³-hybridized carbons (Fsp3) is 0.286. The minimum atomic E-state index is -1.01. The molecule has 1 aromatic carbocycles. The van der Waals surface area contributed by atoms with Gasteiger partial charge < -0.3 is 10.0 Å². The normalized spacial score (nSPS) is 13.7. The van der Waals surface area contributed by atoms with Crippen LogP contribution in [0.3, 0.4) is 0 Å². The molecule has 18 heavy (non-hydrogen) atoms. The molecule has 0 saturated heterocycles. The summed E-state index contributed by atoms with van der Waals surface area (Å²) in [5, 5.41) is 18.1. The second-order valence-corrected chi connectivity index (χ2v) is 4.32. The maximum atomic E-state index is 10.9. The summed E-state index contributed by atoms with van der Waals surface area (Å²) in [7, 11) is 0. The van der Waals surface area contributed by atoms with Crippen LogP contribution in [0.25, 0.3) is 0 Å². The lowest BCUT2D eigenvalue weighted by Crippen LogP contribution is -2.26. The molecule has 1 aromatic rings. The maximum Gasteiger partial charge on any atom is 0.335 e. The number of nitrogens with zero attached hydrogens (tertiary/aromatic N) is 2. The molecule has 0 bridgehead atoms. The van der Waals surface area contributed by atoms with Crippen molar-refractivity contribution in [3.63, 3.8) is 0 Å². The first-order valence-electron chi connectivity index (χ1n) is 5.82. The van der Waals surface area contributed by atoms with Gasteiger partial charge in [-0.1, -0.05) is 6.08 Å². The lowest BCUT2D eigenvalue weighted by molar-refractivity contribution is 0.0697. The van der Waals surface area contributed by atoms with Gasteiger partial charge in [0.15, 0.2) is 0 Å². The quantitative estimate of drug-likeness (QED) is 0.805. The number of hydrogen-bond donors (Lipinski definition) is 1. The summed E-state index contributed by atoms with van der Waals surface area (Å²) in [5.74, 6) is -1.01. The third-order valence-corrected chi connectivity index (χ3v) is 2.99. The van der Waals surface area contributed by atoms with Crippen LogP contribution in [0.4, 0.5) is 5.69 Å². The van der Waals surface area contributed by atoms with Gasteiger partial charge in [-0.05, 0) is 31.0 Å². The van der Waals surface area contributed by atoms with Crippen molar-refractivity contribution in [2.24, 2.45) is 0 Å². The van der Waals surface area contributed by atoms with Gasteiger partial charge in [0.2, 0.25) is 0 Å². The molecule has 0 aliphatic heterocycles. The molecule has 1 N–H and O–H groups in total. The SMILES string of the molecule is C=CCN(c1ccc(C(=O)O)cc1C#N)C1CC1. The third-order valence-electron chi connectivity index (χ3n) is 2.99. The smallest absolute Gasteiger partial charge is 0.335 e. The minimum absolute atomic E-state index is 0.143. The number of benzene rings is 1. The van der Waals surface area contributed by atoms with Crippen molar-refractivity contribution in [1.29, 1.82) is 5.26 Å². The average Bonchev–Trinajstić information content (AvgIpc) is 3.19. The van der Waals surface area contributed by atoms with Gasteiger partial charge in [-0.15, -0.1) is 6.58 Å². The molecule has 1 aliphatic rings. The van der Waals surface area contributed by atoms with Gasteiger partial charge in [-0.25, -0.2) is 4.79 Å². The highest BCUT2D eigenvalue weighted by atomic mass is 16.4. The molecule has 1 aliphatic carbocycles. The number of carbonyl (C=O) groups is 1. The maximum absolute atomic E-state index is 10.9.